The van der Waals surface area contributed by atoms with Crippen molar-refractivity contribution in [2.45, 2.75) is 78.8 Å². The molecule has 1 aliphatic rings. The Morgan fingerprint density at radius 1 is 1.21 bits per heavy atom. The Bertz CT molecular complexity index is 464. The minimum absolute atomic E-state index is 0.0401. The highest BCUT2D eigenvalue weighted by atomic mass is 16.2. The van der Waals surface area contributed by atoms with Crippen LogP contribution >= 0.6 is 0 Å². The van der Waals surface area contributed by atoms with Gasteiger partial charge in [0.2, 0.25) is 5.91 Å². The third kappa shape index (κ3) is 5.13. The van der Waals surface area contributed by atoms with Gasteiger partial charge < -0.3 is 10.2 Å². The van der Waals surface area contributed by atoms with Gasteiger partial charge in [0.1, 0.15) is 0 Å². The van der Waals surface area contributed by atoms with Crippen molar-refractivity contribution in [2.75, 3.05) is 13.6 Å². The number of amides is 1. The quantitative estimate of drug-likeness (QED) is 0.775. The second-order valence-corrected chi connectivity index (χ2v) is 7.99. The van der Waals surface area contributed by atoms with Gasteiger partial charge in [-0.1, -0.05) is 27.7 Å². The van der Waals surface area contributed by atoms with E-state index in [0.29, 0.717) is 13.0 Å². The van der Waals surface area contributed by atoms with E-state index >= 15 is 0 Å². The van der Waals surface area contributed by atoms with Crippen molar-refractivity contribution in [3.05, 3.63) is 0 Å². The lowest BCUT2D eigenvalue weighted by Gasteiger charge is -2.40. The Morgan fingerprint density at radius 3 is 2.29 bits per heavy atom. The number of rotatable bonds is 7. The van der Waals surface area contributed by atoms with Crippen molar-refractivity contribution in [1.29, 1.82) is 0 Å². The molecule has 3 atom stereocenters. The van der Waals surface area contributed by atoms with Crippen molar-refractivity contribution < 1.29 is 14.4 Å². The Morgan fingerprint density at radius 2 is 1.83 bits per heavy atom. The predicted molar refractivity (Wildman–Crippen MR) is 95.7 cm³/mol. The van der Waals surface area contributed by atoms with Gasteiger partial charge in [0.15, 0.2) is 11.6 Å². The van der Waals surface area contributed by atoms with Gasteiger partial charge in [0.25, 0.3) is 0 Å². The Labute approximate surface area is 146 Å². The molecule has 1 fully saturated rings. The molecule has 24 heavy (non-hydrogen) atoms. The number of piperidine rings is 1. The van der Waals surface area contributed by atoms with Crippen LogP contribution in [-0.2, 0) is 14.4 Å². The van der Waals surface area contributed by atoms with Crippen LogP contribution in [0.3, 0.4) is 0 Å². The average molecular weight is 338 g/mol. The molecule has 1 N–H and O–H groups in total. The fourth-order valence-corrected chi connectivity index (χ4v) is 3.52. The third-order valence-electron chi connectivity index (χ3n) is 5.15. The molecule has 0 aliphatic carbocycles. The summed E-state index contributed by atoms with van der Waals surface area (Å²) in [6.45, 7) is 10.1. The molecule has 0 unspecified atom stereocenters. The molecule has 1 rings (SSSR count). The Hall–Kier alpha value is -1.23. The summed E-state index contributed by atoms with van der Waals surface area (Å²) in [6.07, 6.45) is 3.57. The van der Waals surface area contributed by atoms with E-state index in [0.717, 1.165) is 19.3 Å². The Kier molecular flexibility index (Phi) is 7.58. The van der Waals surface area contributed by atoms with Gasteiger partial charge in [-0.25, -0.2) is 0 Å². The highest BCUT2D eigenvalue weighted by Crippen LogP contribution is 2.33. The number of ketones is 2. The van der Waals surface area contributed by atoms with E-state index in [9.17, 15) is 14.4 Å². The lowest BCUT2D eigenvalue weighted by molar-refractivity contribution is -0.149. The van der Waals surface area contributed by atoms with Gasteiger partial charge in [-0.2, -0.15) is 0 Å². The maximum Gasteiger partial charge on any atom is 0.227 e. The van der Waals surface area contributed by atoms with E-state index in [-0.39, 0.29) is 41.4 Å². The first-order valence-electron chi connectivity index (χ1n) is 9.14. The molecule has 0 aromatic heterocycles. The van der Waals surface area contributed by atoms with E-state index in [2.05, 4.69) is 5.32 Å². The number of nitrogens with zero attached hydrogens (tertiary/aromatic N) is 1. The number of carbonyl (C=O) groups excluding carboxylic acids is 3. The molecule has 0 radical (unpaired) electrons. The minimum Gasteiger partial charge on any atom is -0.332 e. The molecule has 0 spiro atoms. The first-order chi connectivity index (χ1) is 11.1. The molecular weight excluding hydrogens is 304 g/mol. The maximum atomic E-state index is 13.2. The number of carbonyl (C=O) groups is 3. The summed E-state index contributed by atoms with van der Waals surface area (Å²) < 4.78 is 0. The van der Waals surface area contributed by atoms with Gasteiger partial charge >= 0.3 is 0 Å². The SMILES string of the molecule is CC[C@H](NC)C(=O)C[C@H](C(=O)N1CCCC[C@H]1C(C)=O)C(C)(C)C. The van der Waals surface area contributed by atoms with Crippen LogP contribution in [0.15, 0.2) is 0 Å². The maximum absolute atomic E-state index is 13.2. The third-order valence-corrected chi connectivity index (χ3v) is 5.15. The summed E-state index contributed by atoms with van der Waals surface area (Å²) in [4.78, 5) is 39.4. The van der Waals surface area contributed by atoms with Gasteiger partial charge in [0.05, 0.1) is 12.1 Å². The number of nitrogens with one attached hydrogen (secondary N) is 1. The molecule has 1 amide bonds. The van der Waals surface area contributed by atoms with Crippen molar-refractivity contribution in [1.82, 2.24) is 10.2 Å². The molecular formula is C19H34N2O3. The number of Topliss-reactive ketones (excluding diaryl/α,β-unsaturated/α-hetero) is 2. The van der Waals surface area contributed by atoms with Crippen molar-refractivity contribution in [3.8, 4) is 0 Å². The van der Waals surface area contributed by atoms with Crippen LogP contribution in [0.4, 0.5) is 0 Å². The molecule has 1 aliphatic heterocycles. The van der Waals surface area contributed by atoms with E-state index < -0.39 is 5.92 Å². The summed E-state index contributed by atoms with van der Waals surface area (Å²) in [5.74, 6) is -0.317. The lowest BCUT2D eigenvalue weighted by atomic mass is 9.75. The van der Waals surface area contributed by atoms with Gasteiger partial charge in [-0.05, 0) is 45.1 Å². The number of hydrogen-bond acceptors (Lipinski definition) is 4. The van der Waals surface area contributed by atoms with Crippen LogP contribution in [0.25, 0.3) is 0 Å². The van der Waals surface area contributed by atoms with E-state index in [4.69, 9.17) is 0 Å². The predicted octanol–water partition coefficient (Wildman–Crippen LogP) is 2.58. The summed E-state index contributed by atoms with van der Waals surface area (Å²) in [5, 5.41) is 3.03. The lowest BCUT2D eigenvalue weighted by Crippen LogP contribution is -2.52. The second-order valence-electron chi connectivity index (χ2n) is 7.99. The summed E-state index contributed by atoms with van der Waals surface area (Å²) in [5.41, 5.74) is -0.322. The Balaban J connectivity index is 3.01. The smallest absolute Gasteiger partial charge is 0.227 e. The van der Waals surface area contributed by atoms with E-state index in [1.54, 1.807) is 18.9 Å². The summed E-state index contributed by atoms with van der Waals surface area (Å²) in [6, 6.07) is -0.537. The molecule has 0 aromatic rings. The molecule has 1 heterocycles. The average Bonchev–Trinajstić information content (AvgIpc) is 2.52. The van der Waals surface area contributed by atoms with Crippen LogP contribution in [-0.4, -0.2) is 48.0 Å². The molecule has 0 bridgehead atoms. The van der Waals surface area contributed by atoms with E-state index in [1.807, 2.05) is 27.7 Å². The molecule has 138 valence electrons. The van der Waals surface area contributed by atoms with E-state index in [1.165, 1.54) is 0 Å². The topological polar surface area (TPSA) is 66.5 Å². The first-order valence-corrected chi connectivity index (χ1v) is 9.14. The molecule has 5 heteroatoms. The molecule has 0 saturated carbocycles. The molecule has 0 aromatic carbocycles. The van der Waals surface area contributed by atoms with Gasteiger partial charge in [-0.15, -0.1) is 0 Å². The normalized spacial score (nSPS) is 21.2. The monoisotopic (exact) mass is 338 g/mol. The summed E-state index contributed by atoms with van der Waals surface area (Å²) >= 11 is 0. The zero-order chi connectivity index (χ0) is 18.5. The zero-order valence-electron chi connectivity index (χ0n) is 16.1. The standard InChI is InChI=1S/C19H34N2O3/c1-7-15(20-6)17(23)12-14(19(3,4)5)18(24)21-11-9-8-10-16(21)13(2)22/h14-16,20H,7-12H2,1-6H3/t14-,15+,16+/m1/s1. The zero-order valence-corrected chi connectivity index (χ0v) is 16.1. The van der Waals surface area contributed by atoms with Gasteiger partial charge in [0, 0.05) is 18.9 Å². The van der Waals surface area contributed by atoms with Crippen molar-refractivity contribution in [2.24, 2.45) is 11.3 Å². The van der Waals surface area contributed by atoms with Crippen molar-refractivity contribution >= 4 is 17.5 Å². The largest absolute Gasteiger partial charge is 0.332 e. The fourth-order valence-electron chi connectivity index (χ4n) is 3.52. The van der Waals surface area contributed by atoms with Crippen LogP contribution in [0.5, 0.6) is 0 Å². The minimum atomic E-state index is -0.396. The van der Waals surface area contributed by atoms with Crippen LogP contribution in [0.2, 0.25) is 0 Å². The second kappa shape index (κ2) is 8.75. The summed E-state index contributed by atoms with van der Waals surface area (Å²) in [7, 11) is 1.77. The number of likely N-dealkylation sites (N-methyl/N-ethyl adjacent to an activating group) is 1. The number of hydrogen-bond donors (Lipinski definition) is 1. The van der Waals surface area contributed by atoms with Crippen LogP contribution in [0.1, 0.15) is 66.7 Å². The highest BCUT2D eigenvalue weighted by molar-refractivity contribution is 5.93. The first kappa shape index (κ1) is 20.8. The molecule has 5 nitrogen and oxygen atoms in total. The highest BCUT2D eigenvalue weighted by Gasteiger charge is 2.40. The van der Waals surface area contributed by atoms with Gasteiger partial charge in [-0.3, -0.25) is 14.4 Å². The van der Waals surface area contributed by atoms with Crippen molar-refractivity contribution in [3.63, 3.8) is 0 Å². The molecule has 1 saturated heterocycles. The van der Waals surface area contributed by atoms with Crippen LogP contribution < -0.4 is 5.32 Å². The number of likely N-dealkylation sites (tertiary alicyclic amines) is 1. The fraction of sp³-hybridized carbons (Fsp3) is 0.842. The van der Waals surface area contributed by atoms with Crippen LogP contribution in [0, 0.1) is 11.3 Å².